The molecule has 5 nitrogen and oxygen atoms in total. The van der Waals surface area contributed by atoms with Crippen LogP contribution in [0.1, 0.15) is 38.8 Å². The summed E-state index contributed by atoms with van der Waals surface area (Å²) in [7, 11) is 0. The number of nitrogens with one attached hydrogen (secondary N) is 2. The molecule has 1 aliphatic heterocycles. The Kier molecular flexibility index (Phi) is 5.99. The van der Waals surface area contributed by atoms with Crippen molar-refractivity contribution >= 4 is 11.8 Å². The molecule has 1 aromatic carbocycles. The van der Waals surface area contributed by atoms with Gasteiger partial charge in [-0.25, -0.2) is 0 Å². The molecule has 2 amide bonds. The molecule has 0 aromatic heterocycles. The maximum atomic E-state index is 12.6. The molecule has 1 aliphatic rings. The number of quaternary nitrogens is 1. The number of rotatable bonds is 5. The highest BCUT2D eigenvalue weighted by Gasteiger charge is 2.25. The van der Waals surface area contributed by atoms with E-state index >= 15 is 0 Å². The van der Waals surface area contributed by atoms with Crippen LogP contribution in [0.2, 0.25) is 0 Å². The number of carbonyl (C=O) groups excluding carboxylic acids is 2. The highest BCUT2D eigenvalue weighted by molar-refractivity contribution is 5.79. The van der Waals surface area contributed by atoms with Gasteiger partial charge in [-0.05, 0) is 45.2 Å². The minimum absolute atomic E-state index is 0.00357. The Morgan fingerprint density at radius 2 is 1.83 bits per heavy atom. The van der Waals surface area contributed by atoms with Crippen LogP contribution < -0.4 is 10.2 Å². The van der Waals surface area contributed by atoms with E-state index in [1.54, 1.807) is 0 Å². The predicted molar refractivity (Wildman–Crippen MR) is 94.7 cm³/mol. The molecule has 1 unspecified atom stereocenters. The van der Waals surface area contributed by atoms with Crippen molar-refractivity contribution in [3.63, 3.8) is 0 Å². The van der Waals surface area contributed by atoms with Gasteiger partial charge in [0.2, 0.25) is 0 Å². The van der Waals surface area contributed by atoms with Crippen molar-refractivity contribution < 1.29 is 14.5 Å². The van der Waals surface area contributed by atoms with Crippen molar-refractivity contribution in [1.29, 1.82) is 0 Å². The fourth-order valence-electron chi connectivity index (χ4n) is 3.04. The van der Waals surface area contributed by atoms with Gasteiger partial charge in [0, 0.05) is 18.6 Å². The van der Waals surface area contributed by atoms with Gasteiger partial charge in [-0.2, -0.15) is 0 Å². The van der Waals surface area contributed by atoms with E-state index in [0.29, 0.717) is 19.6 Å². The standard InChI is InChI=1S/C19H29N3O2/c1-5-21(13-17(23)20-19(2,3)4)14-18(24)22-11-10-15-8-6-7-9-16(15)12-22/h6-9H,5,10-14H2,1-4H3,(H,20,23)/p+1. The summed E-state index contributed by atoms with van der Waals surface area (Å²) in [5.74, 6) is 0.126. The minimum Gasteiger partial charge on any atom is -0.347 e. The van der Waals surface area contributed by atoms with Crippen LogP contribution in [-0.4, -0.2) is 48.4 Å². The Morgan fingerprint density at radius 3 is 2.46 bits per heavy atom. The Bertz CT molecular complexity index is 593. The van der Waals surface area contributed by atoms with Gasteiger partial charge in [0.25, 0.3) is 11.8 Å². The molecule has 132 valence electrons. The molecule has 0 saturated heterocycles. The van der Waals surface area contributed by atoms with Crippen LogP contribution in [0.25, 0.3) is 0 Å². The lowest BCUT2D eigenvalue weighted by molar-refractivity contribution is -0.882. The van der Waals surface area contributed by atoms with Crippen LogP contribution in [0.3, 0.4) is 0 Å². The second-order valence-corrected chi connectivity index (χ2v) is 7.59. The third-order valence-corrected chi connectivity index (χ3v) is 4.31. The van der Waals surface area contributed by atoms with Crippen LogP contribution in [-0.2, 0) is 22.6 Å². The van der Waals surface area contributed by atoms with E-state index in [-0.39, 0.29) is 17.4 Å². The number of carbonyl (C=O) groups is 2. The molecule has 0 aliphatic carbocycles. The zero-order chi connectivity index (χ0) is 17.7. The van der Waals surface area contributed by atoms with E-state index < -0.39 is 0 Å². The van der Waals surface area contributed by atoms with E-state index in [1.807, 2.05) is 44.7 Å². The number of hydrogen-bond donors (Lipinski definition) is 2. The van der Waals surface area contributed by atoms with Gasteiger partial charge in [-0.15, -0.1) is 0 Å². The number of likely N-dealkylation sites (N-methyl/N-ethyl adjacent to an activating group) is 1. The molecule has 5 heteroatoms. The van der Waals surface area contributed by atoms with Crippen molar-refractivity contribution in [3.8, 4) is 0 Å². The molecular formula is C19H30N3O2+. The van der Waals surface area contributed by atoms with Gasteiger partial charge in [-0.1, -0.05) is 24.3 Å². The number of benzene rings is 1. The molecule has 2 rings (SSSR count). The first kappa shape index (κ1) is 18.5. The Hall–Kier alpha value is -1.88. The highest BCUT2D eigenvalue weighted by atomic mass is 16.2. The third kappa shape index (κ3) is 5.34. The van der Waals surface area contributed by atoms with E-state index in [4.69, 9.17) is 0 Å². The summed E-state index contributed by atoms with van der Waals surface area (Å²) in [6.45, 7) is 10.8. The number of hydrogen-bond acceptors (Lipinski definition) is 2. The number of amides is 2. The summed E-state index contributed by atoms with van der Waals surface area (Å²) in [6.07, 6.45) is 0.911. The Labute approximate surface area is 145 Å². The molecule has 1 aromatic rings. The zero-order valence-corrected chi connectivity index (χ0v) is 15.3. The lowest BCUT2D eigenvalue weighted by Gasteiger charge is -2.30. The summed E-state index contributed by atoms with van der Waals surface area (Å²) in [5, 5.41) is 2.97. The molecule has 1 atom stereocenters. The predicted octanol–water partition coefficient (Wildman–Crippen LogP) is 0.391. The normalized spacial score (nSPS) is 15.6. The quantitative estimate of drug-likeness (QED) is 0.820. The number of nitrogens with zero attached hydrogens (tertiary/aromatic N) is 1. The van der Waals surface area contributed by atoms with Gasteiger partial charge in [0.1, 0.15) is 0 Å². The van der Waals surface area contributed by atoms with E-state index in [2.05, 4.69) is 17.4 Å². The molecule has 0 spiro atoms. The van der Waals surface area contributed by atoms with Crippen molar-refractivity contribution in [2.75, 3.05) is 26.2 Å². The maximum absolute atomic E-state index is 12.6. The fraction of sp³-hybridized carbons (Fsp3) is 0.579. The molecule has 2 N–H and O–H groups in total. The maximum Gasteiger partial charge on any atom is 0.278 e. The smallest absolute Gasteiger partial charge is 0.278 e. The second kappa shape index (κ2) is 7.79. The highest BCUT2D eigenvalue weighted by Crippen LogP contribution is 2.18. The first-order valence-electron chi connectivity index (χ1n) is 8.77. The molecule has 0 fully saturated rings. The monoisotopic (exact) mass is 332 g/mol. The average molecular weight is 332 g/mol. The summed E-state index contributed by atoms with van der Waals surface area (Å²) in [4.78, 5) is 27.6. The average Bonchev–Trinajstić information content (AvgIpc) is 2.51. The van der Waals surface area contributed by atoms with Gasteiger partial charge in [-0.3, -0.25) is 9.59 Å². The van der Waals surface area contributed by atoms with Crippen molar-refractivity contribution in [1.82, 2.24) is 10.2 Å². The largest absolute Gasteiger partial charge is 0.347 e. The molecular weight excluding hydrogens is 302 g/mol. The summed E-state index contributed by atoms with van der Waals surface area (Å²) < 4.78 is 0. The summed E-state index contributed by atoms with van der Waals surface area (Å²) in [5.41, 5.74) is 2.34. The van der Waals surface area contributed by atoms with E-state index in [9.17, 15) is 9.59 Å². The van der Waals surface area contributed by atoms with Crippen LogP contribution in [0.15, 0.2) is 24.3 Å². The van der Waals surface area contributed by atoms with E-state index in [0.717, 1.165) is 24.4 Å². The molecule has 0 radical (unpaired) electrons. The van der Waals surface area contributed by atoms with Crippen LogP contribution >= 0.6 is 0 Å². The Morgan fingerprint density at radius 1 is 1.17 bits per heavy atom. The third-order valence-electron chi connectivity index (χ3n) is 4.31. The van der Waals surface area contributed by atoms with Gasteiger partial charge >= 0.3 is 0 Å². The minimum atomic E-state index is -0.240. The molecule has 0 saturated carbocycles. The molecule has 1 heterocycles. The SMILES string of the molecule is CC[NH+](CC(=O)NC(C)(C)C)CC(=O)N1CCc2ccccc2C1. The number of fused-ring (bicyclic) bond motifs is 1. The van der Waals surface area contributed by atoms with Gasteiger partial charge in [0.05, 0.1) is 6.54 Å². The zero-order valence-electron chi connectivity index (χ0n) is 15.3. The van der Waals surface area contributed by atoms with Crippen molar-refractivity contribution in [2.24, 2.45) is 0 Å². The summed E-state index contributed by atoms with van der Waals surface area (Å²) >= 11 is 0. The van der Waals surface area contributed by atoms with Gasteiger partial charge in [0.15, 0.2) is 13.1 Å². The van der Waals surface area contributed by atoms with E-state index in [1.165, 1.54) is 11.1 Å². The lowest BCUT2D eigenvalue weighted by Crippen LogP contribution is -3.14. The second-order valence-electron chi connectivity index (χ2n) is 7.59. The molecule has 24 heavy (non-hydrogen) atoms. The topological polar surface area (TPSA) is 53.9 Å². The summed E-state index contributed by atoms with van der Waals surface area (Å²) in [6, 6.07) is 8.30. The lowest BCUT2D eigenvalue weighted by atomic mass is 10.00. The van der Waals surface area contributed by atoms with Crippen LogP contribution in [0.4, 0.5) is 0 Å². The van der Waals surface area contributed by atoms with Crippen LogP contribution in [0.5, 0.6) is 0 Å². The van der Waals surface area contributed by atoms with Crippen molar-refractivity contribution in [3.05, 3.63) is 35.4 Å². The fourth-order valence-corrected chi connectivity index (χ4v) is 3.04. The Balaban J connectivity index is 1.89. The van der Waals surface area contributed by atoms with Crippen molar-refractivity contribution in [2.45, 2.75) is 46.2 Å². The first-order valence-corrected chi connectivity index (χ1v) is 8.77. The van der Waals surface area contributed by atoms with Gasteiger partial charge < -0.3 is 15.1 Å². The molecule has 0 bridgehead atoms. The van der Waals surface area contributed by atoms with Crippen LogP contribution in [0, 0.1) is 0 Å². The first-order chi connectivity index (χ1) is 11.3.